The Kier molecular flexibility index (Phi) is 4.18. The molecule has 0 aliphatic rings. The summed E-state index contributed by atoms with van der Waals surface area (Å²) in [5.41, 5.74) is -0.362. The smallest absolute Gasteiger partial charge is 0.306 e. The van der Waals surface area contributed by atoms with E-state index in [4.69, 9.17) is 5.11 Å². The number of pyridine rings is 1. The van der Waals surface area contributed by atoms with Gasteiger partial charge in [-0.25, -0.2) is 0 Å². The van der Waals surface area contributed by atoms with E-state index in [1.54, 1.807) is 36.5 Å². The van der Waals surface area contributed by atoms with Crippen LogP contribution in [0.3, 0.4) is 0 Å². The monoisotopic (exact) mass is 288 g/mol. The Labute approximate surface area is 121 Å². The minimum atomic E-state index is -1.50. The van der Waals surface area contributed by atoms with Crippen molar-refractivity contribution in [2.24, 2.45) is 0 Å². The number of hydrogen-bond donors (Lipinski definition) is 3. The molecule has 0 saturated heterocycles. The first-order valence-corrected chi connectivity index (χ1v) is 6.45. The van der Waals surface area contributed by atoms with Gasteiger partial charge in [-0.1, -0.05) is 12.1 Å². The molecule has 1 aromatic carbocycles. The fourth-order valence-corrected chi connectivity index (χ4v) is 2.06. The van der Waals surface area contributed by atoms with Crippen LogP contribution in [0.1, 0.15) is 23.7 Å². The Morgan fingerprint density at radius 2 is 2.05 bits per heavy atom. The molecule has 6 nitrogen and oxygen atoms in total. The van der Waals surface area contributed by atoms with Gasteiger partial charge in [0, 0.05) is 23.7 Å². The zero-order valence-electron chi connectivity index (χ0n) is 11.5. The maximum absolute atomic E-state index is 12.2. The lowest BCUT2D eigenvalue weighted by Gasteiger charge is -2.21. The normalized spacial score (nSPS) is 13.6. The third-order valence-corrected chi connectivity index (χ3v) is 3.05. The van der Waals surface area contributed by atoms with Crippen LogP contribution < -0.4 is 5.32 Å². The van der Waals surface area contributed by atoms with Crippen molar-refractivity contribution in [2.45, 2.75) is 18.9 Å². The van der Waals surface area contributed by atoms with Crippen LogP contribution >= 0.6 is 0 Å². The molecule has 6 heteroatoms. The molecular weight excluding hydrogens is 272 g/mol. The van der Waals surface area contributed by atoms with Crippen LogP contribution in [-0.4, -0.2) is 39.2 Å². The number of aliphatic hydroxyl groups is 1. The second kappa shape index (κ2) is 5.88. The number of carboxylic acids is 1. The quantitative estimate of drug-likeness (QED) is 0.767. The lowest BCUT2D eigenvalue weighted by Crippen LogP contribution is -2.42. The Morgan fingerprint density at radius 3 is 2.76 bits per heavy atom. The predicted molar refractivity (Wildman–Crippen MR) is 77.0 cm³/mol. The molecule has 1 unspecified atom stereocenters. The Hall–Kier alpha value is -2.47. The first-order valence-electron chi connectivity index (χ1n) is 6.45. The van der Waals surface area contributed by atoms with Gasteiger partial charge in [-0.05, 0) is 25.1 Å². The molecule has 21 heavy (non-hydrogen) atoms. The van der Waals surface area contributed by atoms with Crippen molar-refractivity contribution in [3.63, 3.8) is 0 Å². The van der Waals surface area contributed by atoms with E-state index in [-0.39, 0.29) is 12.5 Å². The molecule has 1 amide bonds. The van der Waals surface area contributed by atoms with Crippen LogP contribution in [-0.2, 0) is 4.79 Å². The van der Waals surface area contributed by atoms with Gasteiger partial charge in [0.1, 0.15) is 0 Å². The van der Waals surface area contributed by atoms with E-state index in [0.29, 0.717) is 16.5 Å². The van der Waals surface area contributed by atoms with E-state index in [1.165, 1.54) is 6.92 Å². The maximum atomic E-state index is 12.2. The van der Waals surface area contributed by atoms with Gasteiger partial charge < -0.3 is 15.5 Å². The van der Waals surface area contributed by atoms with Crippen LogP contribution in [0.25, 0.3) is 10.9 Å². The fourth-order valence-electron chi connectivity index (χ4n) is 2.06. The molecule has 0 saturated carbocycles. The van der Waals surface area contributed by atoms with Crippen LogP contribution in [0, 0.1) is 0 Å². The Morgan fingerprint density at radius 1 is 1.29 bits per heavy atom. The lowest BCUT2D eigenvalue weighted by molar-refractivity contribution is -0.141. The highest BCUT2D eigenvalue weighted by Crippen LogP contribution is 2.16. The van der Waals surface area contributed by atoms with E-state index < -0.39 is 18.0 Å². The van der Waals surface area contributed by atoms with E-state index in [9.17, 15) is 14.7 Å². The topological polar surface area (TPSA) is 99.5 Å². The van der Waals surface area contributed by atoms with Crippen LogP contribution in [0.4, 0.5) is 0 Å². The first kappa shape index (κ1) is 14.9. The van der Waals surface area contributed by atoms with E-state index >= 15 is 0 Å². The standard InChI is InChI=1S/C15H16N2O4/c1-15(21,8-13(18)19)9-17-14(20)11-4-2-6-12-10(11)5-3-7-16-12/h2-7,21H,8-9H2,1H3,(H,17,20)(H,18,19). The van der Waals surface area contributed by atoms with Crippen molar-refractivity contribution in [1.29, 1.82) is 0 Å². The molecule has 0 spiro atoms. The molecule has 0 radical (unpaired) electrons. The van der Waals surface area contributed by atoms with Gasteiger partial charge in [-0.3, -0.25) is 14.6 Å². The summed E-state index contributed by atoms with van der Waals surface area (Å²) >= 11 is 0. The van der Waals surface area contributed by atoms with Gasteiger partial charge in [0.05, 0.1) is 17.5 Å². The van der Waals surface area contributed by atoms with Crippen molar-refractivity contribution in [1.82, 2.24) is 10.3 Å². The molecule has 0 fully saturated rings. The minimum Gasteiger partial charge on any atom is -0.481 e. The SMILES string of the molecule is CC(O)(CNC(=O)c1cccc2ncccc12)CC(=O)O. The number of carbonyl (C=O) groups is 2. The molecule has 3 N–H and O–H groups in total. The predicted octanol–water partition coefficient (Wildman–Crippen LogP) is 1.19. The van der Waals surface area contributed by atoms with Crippen molar-refractivity contribution >= 4 is 22.8 Å². The summed E-state index contributed by atoms with van der Waals surface area (Å²) in [6.07, 6.45) is 1.20. The van der Waals surface area contributed by atoms with Crippen molar-refractivity contribution in [3.05, 3.63) is 42.1 Å². The molecule has 1 atom stereocenters. The number of carboxylic acid groups (broad SMARTS) is 1. The summed E-state index contributed by atoms with van der Waals surface area (Å²) in [6.45, 7) is 1.22. The second-order valence-electron chi connectivity index (χ2n) is 5.13. The van der Waals surface area contributed by atoms with Gasteiger partial charge in [-0.15, -0.1) is 0 Å². The largest absolute Gasteiger partial charge is 0.481 e. The Balaban J connectivity index is 2.14. The summed E-state index contributed by atoms with van der Waals surface area (Å²) < 4.78 is 0. The maximum Gasteiger partial charge on any atom is 0.306 e. The molecule has 1 aromatic heterocycles. The van der Waals surface area contributed by atoms with Crippen LogP contribution in [0.2, 0.25) is 0 Å². The third kappa shape index (κ3) is 3.76. The molecule has 0 aliphatic heterocycles. The molecule has 0 aliphatic carbocycles. The minimum absolute atomic E-state index is 0.144. The van der Waals surface area contributed by atoms with Gasteiger partial charge in [-0.2, -0.15) is 0 Å². The van der Waals surface area contributed by atoms with Gasteiger partial charge in [0.2, 0.25) is 0 Å². The summed E-state index contributed by atoms with van der Waals surface area (Å²) in [4.78, 5) is 27.0. The molecule has 0 bridgehead atoms. The van der Waals surface area contributed by atoms with E-state index in [1.807, 2.05) is 0 Å². The summed E-state index contributed by atoms with van der Waals surface area (Å²) in [5, 5.41) is 21.8. The molecule has 2 aromatic rings. The fraction of sp³-hybridized carbons (Fsp3) is 0.267. The zero-order chi connectivity index (χ0) is 15.5. The number of fused-ring (bicyclic) bond motifs is 1. The van der Waals surface area contributed by atoms with E-state index in [0.717, 1.165) is 0 Å². The van der Waals surface area contributed by atoms with Gasteiger partial charge >= 0.3 is 5.97 Å². The van der Waals surface area contributed by atoms with Crippen LogP contribution in [0.5, 0.6) is 0 Å². The average Bonchev–Trinajstić information content (AvgIpc) is 2.43. The number of aromatic nitrogens is 1. The highest BCUT2D eigenvalue weighted by molar-refractivity contribution is 6.06. The number of aliphatic carboxylic acids is 1. The lowest BCUT2D eigenvalue weighted by atomic mass is 10.0. The molecule has 2 rings (SSSR count). The van der Waals surface area contributed by atoms with Crippen molar-refractivity contribution < 1.29 is 19.8 Å². The summed E-state index contributed by atoms with van der Waals surface area (Å²) in [6, 6.07) is 8.70. The number of benzene rings is 1. The number of hydrogen-bond acceptors (Lipinski definition) is 4. The third-order valence-electron chi connectivity index (χ3n) is 3.05. The van der Waals surface area contributed by atoms with Crippen molar-refractivity contribution in [2.75, 3.05) is 6.54 Å². The highest BCUT2D eigenvalue weighted by atomic mass is 16.4. The number of rotatable bonds is 5. The molecule has 110 valence electrons. The molecule has 1 heterocycles. The number of nitrogens with zero attached hydrogens (tertiary/aromatic N) is 1. The highest BCUT2D eigenvalue weighted by Gasteiger charge is 2.25. The van der Waals surface area contributed by atoms with Crippen molar-refractivity contribution in [3.8, 4) is 0 Å². The van der Waals surface area contributed by atoms with Gasteiger partial charge in [0.15, 0.2) is 0 Å². The number of amides is 1. The number of nitrogens with one attached hydrogen (secondary N) is 1. The molecular formula is C15H16N2O4. The van der Waals surface area contributed by atoms with Gasteiger partial charge in [0.25, 0.3) is 5.91 Å². The number of carbonyl (C=O) groups excluding carboxylic acids is 1. The summed E-state index contributed by atoms with van der Waals surface area (Å²) in [7, 11) is 0. The zero-order valence-corrected chi connectivity index (χ0v) is 11.5. The second-order valence-corrected chi connectivity index (χ2v) is 5.13. The first-order chi connectivity index (χ1) is 9.89. The van der Waals surface area contributed by atoms with E-state index in [2.05, 4.69) is 10.3 Å². The Bertz CT molecular complexity index is 677. The average molecular weight is 288 g/mol. The van der Waals surface area contributed by atoms with Crippen LogP contribution in [0.15, 0.2) is 36.5 Å². The summed E-state index contributed by atoms with van der Waals surface area (Å²) in [5.74, 6) is -1.50.